The Morgan fingerprint density at radius 1 is 1.04 bits per heavy atom. The molecule has 0 aliphatic rings. The first-order valence-corrected chi connectivity index (χ1v) is 7.37. The van der Waals surface area contributed by atoms with Crippen LogP contribution in [0.15, 0.2) is 48.5 Å². The van der Waals surface area contributed by atoms with Crippen molar-refractivity contribution < 1.29 is 8.78 Å². The summed E-state index contributed by atoms with van der Waals surface area (Å²) in [5, 5.41) is 3.77. The van der Waals surface area contributed by atoms with Gasteiger partial charge in [0.25, 0.3) is 6.43 Å². The van der Waals surface area contributed by atoms with E-state index in [9.17, 15) is 8.78 Å². The van der Waals surface area contributed by atoms with Gasteiger partial charge in [-0.05, 0) is 29.2 Å². The summed E-state index contributed by atoms with van der Waals surface area (Å²) in [6.07, 6.45) is -2.17. The number of hydrogen-bond acceptors (Lipinski definition) is 2. The summed E-state index contributed by atoms with van der Waals surface area (Å²) in [7, 11) is 1.64. The molecule has 0 saturated heterocycles. The van der Waals surface area contributed by atoms with Crippen LogP contribution in [0.1, 0.15) is 29.2 Å². The molecule has 0 saturated carbocycles. The van der Waals surface area contributed by atoms with Gasteiger partial charge in [0.1, 0.15) is 5.82 Å². The highest BCUT2D eigenvalue weighted by molar-refractivity contribution is 5.64. The van der Waals surface area contributed by atoms with Crippen molar-refractivity contribution in [2.45, 2.75) is 19.8 Å². The number of benzene rings is 2. The summed E-state index contributed by atoms with van der Waals surface area (Å²) in [6.45, 7) is 2.01. The molecule has 5 heteroatoms. The third-order valence-electron chi connectivity index (χ3n) is 3.87. The molecule has 0 radical (unpaired) electrons. The number of halogens is 2. The fourth-order valence-electron chi connectivity index (χ4n) is 2.53. The maximum Gasteiger partial charge on any atom is 0.299 e. The van der Waals surface area contributed by atoms with Gasteiger partial charge in [0.2, 0.25) is 5.82 Å². The van der Waals surface area contributed by atoms with Gasteiger partial charge in [-0.25, -0.2) is 13.8 Å². The fourth-order valence-corrected chi connectivity index (χ4v) is 2.53. The predicted molar refractivity (Wildman–Crippen MR) is 85.4 cm³/mol. The lowest BCUT2D eigenvalue weighted by Crippen LogP contribution is -2.02. The van der Waals surface area contributed by atoms with E-state index < -0.39 is 12.2 Å². The molecule has 0 N–H and O–H groups in total. The minimum absolute atomic E-state index is 0.417. The van der Waals surface area contributed by atoms with E-state index in [4.69, 9.17) is 0 Å². The second kappa shape index (κ2) is 6.28. The van der Waals surface area contributed by atoms with E-state index in [0.29, 0.717) is 12.2 Å². The Hall–Kier alpha value is -2.56. The average Bonchev–Trinajstić information content (AvgIpc) is 2.92. The van der Waals surface area contributed by atoms with E-state index in [-0.39, 0.29) is 0 Å². The molecule has 3 rings (SSSR count). The van der Waals surface area contributed by atoms with Crippen molar-refractivity contribution in [3.8, 4) is 11.1 Å². The smallest absolute Gasteiger partial charge is 0.252 e. The molecule has 118 valence electrons. The number of aromatic nitrogens is 3. The molecule has 23 heavy (non-hydrogen) atoms. The van der Waals surface area contributed by atoms with E-state index in [2.05, 4.69) is 22.2 Å². The van der Waals surface area contributed by atoms with Crippen LogP contribution in [-0.4, -0.2) is 14.8 Å². The van der Waals surface area contributed by atoms with E-state index in [0.717, 1.165) is 22.3 Å². The van der Waals surface area contributed by atoms with Gasteiger partial charge in [0.15, 0.2) is 0 Å². The van der Waals surface area contributed by atoms with Gasteiger partial charge in [-0.15, -0.1) is 0 Å². The van der Waals surface area contributed by atoms with Crippen molar-refractivity contribution in [1.29, 1.82) is 0 Å². The SMILES string of the molecule is Cc1ccc(-c2ccccc2)cc1Cc1nc(C(F)F)nn1C. The van der Waals surface area contributed by atoms with Crippen molar-refractivity contribution in [2.75, 3.05) is 0 Å². The lowest BCUT2D eigenvalue weighted by atomic mass is 9.98. The quantitative estimate of drug-likeness (QED) is 0.718. The monoisotopic (exact) mass is 313 g/mol. The van der Waals surface area contributed by atoms with Crippen LogP contribution < -0.4 is 0 Å². The van der Waals surface area contributed by atoms with Crippen molar-refractivity contribution in [1.82, 2.24) is 14.8 Å². The van der Waals surface area contributed by atoms with Gasteiger partial charge in [-0.3, -0.25) is 4.68 Å². The third-order valence-corrected chi connectivity index (χ3v) is 3.87. The summed E-state index contributed by atoms with van der Waals surface area (Å²) >= 11 is 0. The zero-order valence-electron chi connectivity index (χ0n) is 13.0. The van der Waals surface area contributed by atoms with Gasteiger partial charge < -0.3 is 0 Å². The lowest BCUT2D eigenvalue weighted by Gasteiger charge is -2.09. The van der Waals surface area contributed by atoms with Gasteiger partial charge >= 0.3 is 0 Å². The van der Waals surface area contributed by atoms with Gasteiger partial charge in [-0.1, -0.05) is 48.5 Å². The molecule has 1 heterocycles. The number of nitrogens with zero attached hydrogens (tertiary/aromatic N) is 3. The Morgan fingerprint density at radius 3 is 2.43 bits per heavy atom. The molecule has 0 fully saturated rings. The van der Waals surface area contributed by atoms with Gasteiger partial charge in [0.05, 0.1) is 0 Å². The maximum atomic E-state index is 12.7. The minimum Gasteiger partial charge on any atom is -0.252 e. The van der Waals surface area contributed by atoms with Crippen LogP contribution in [0.2, 0.25) is 0 Å². The number of alkyl halides is 2. The molecular weight excluding hydrogens is 296 g/mol. The van der Waals surface area contributed by atoms with Crippen LogP contribution in [0.3, 0.4) is 0 Å². The van der Waals surface area contributed by atoms with Crippen molar-refractivity contribution in [2.24, 2.45) is 7.05 Å². The first-order valence-electron chi connectivity index (χ1n) is 7.37. The van der Waals surface area contributed by atoms with Crippen LogP contribution in [0.25, 0.3) is 11.1 Å². The van der Waals surface area contributed by atoms with Crippen LogP contribution in [0, 0.1) is 6.92 Å². The molecule has 2 aromatic carbocycles. The van der Waals surface area contributed by atoms with Gasteiger partial charge in [0, 0.05) is 13.5 Å². The molecular formula is C18H17F2N3. The molecule has 0 unspecified atom stereocenters. The Balaban J connectivity index is 1.94. The molecule has 0 aliphatic carbocycles. The molecule has 0 aliphatic heterocycles. The standard InChI is InChI=1S/C18H17F2N3/c1-12-8-9-14(13-6-4-3-5-7-13)10-15(12)11-16-21-18(17(19)20)22-23(16)2/h3-10,17H,11H2,1-2H3. The first-order chi connectivity index (χ1) is 11.0. The second-order valence-corrected chi connectivity index (χ2v) is 5.49. The summed E-state index contributed by atoms with van der Waals surface area (Å²) in [6, 6.07) is 16.2. The van der Waals surface area contributed by atoms with E-state index in [1.165, 1.54) is 4.68 Å². The summed E-state index contributed by atoms with van der Waals surface area (Å²) in [4.78, 5) is 3.95. The summed E-state index contributed by atoms with van der Waals surface area (Å²) < 4.78 is 26.9. The van der Waals surface area contributed by atoms with Crippen LogP contribution >= 0.6 is 0 Å². The Bertz CT molecular complexity index is 810. The van der Waals surface area contributed by atoms with E-state index in [1.807, 2.05) is 43.3 Å². The van der Waals surface area contributed by atoms with Crippen molar-refractivity contribution in [3.63, 3.8) is 0 Å². The van der Waals surface area contributed by atoms with Crippen LogP contribution in [0.5, 0.6) is 0 Å². The molecule has 3 nitrogen and oxygen atoms in total. The van der Waals surface area contributed by atoms with Crippen molar-refractivity contribution >= 4 is 0 Å². The third kappa shape index (κ3) is 3.28. The zero-order valence-corrected chi connectivity index (χ0v) is 13.0. The highest BCUT2D eigenvalue weighted by atomic mass is 19.3. The molecule has 1 aromatic heterocycles. The molecule has 0 spiro atoms. The Kier molecular flexibility index (Phi) is 4.19. The highest BCUT2D eigenvalue weighted by Gasteiger charge is 2.16. The zero-order chi connectivity index (χ0) is 16.4. The fraction of sp³-hybridized carbons (Fsp3) is 0.222. The maximum absolute atomic E-state index is 12.7. The first kappa shape index (κ1) is 15.3. The van der Waals surface area contributed by atoms with E-state index in [1.54, 1.807) is 7.05 Å². The second-order valence-electron chi connectivity index (χ2n) is 5.49. The Labute approximate surface area is 133 Å². The Morgan fingerprint density at radius 2 is 1.78 bits per heavy atom. The average molecular weight is 313 g/mol. The van der Waals surface area contributed by atoms with Crippen molar-refractivity contribution in [3.05, 3.63) is 71.3 Å². The van der Waals surface area contributed by atoms with Crippen LogP contribution in [0.4, 0.5) is 8.78 Å². The predicted octanol–water partition coefficient (Wildman–Crippen LogP) is 4.32. The molecule has 0 amide bonds. The molecule has 0 bridgehead atoms. The summed E-state index contributed by atoms with van der Waals surface area (Å²) in [5.74, 6) is 0.118. The topological polar surface area (TPSA) is 30.7 Å². The molecule has 3 aromatic rings. The van der Waals surface area contributed by atoms with Crippen LogP contribution in [-0.2, 0) is 13.5 Å². The number of aryl methyl sites for hydroxylation is 2. The van der Waals surface area contributed by atoms with E-state index >= 15 is 0 Å². The molecule has 0 atom stereocenters. The van der Waals surface area contributed by atoms with Gasteiger partial charge in [-0.2, -0.15) is 5.10 Å². The lowest BCUT2D eigenvalue weighted by molar-refractivity contribution is 0.140. The highest BCUT2D eigenvalue weighted by Crippen LogP contribution is 2.24. The number of hydrogen-bond donors (Lipinski definition) is 0. The minimum atomic E-state index is -2.65. The number of rotatable bonds is 4. The largest absolute Gasteiger partial charge is 0.299 e. The normalized spacial score (nSPS) is 11.2. The summed E-state index contributed by atoms with van der Waals surface area (Å²) in [5.41, 5.74) is 4.39.